The number of nitrogen functional groups attached to an aromatic ring is 1. The molecule has 2 N–H and O–H groups in total. The van der Waals surface area contributed by atoms with Crippen LogP contribution in [-0.2, 0) is 13.0 Å². The van der Waals surface area contributed by atoms with Gasteiger partial charge < -0.3 is 10.3 Å². The number of aromatic nitrogens is 4. The normalized spacial score (nSPS) is 11.0. The number of anilines is 1. The molecule has 0 amide bonds. The van der Waals surface area contributed by atoms with Crippen molar-refractivity contribution in [3.05, 3.63) is 54.1 Å². The summed E-state index contributed by atoms with van der Waals surface area (Å²) in [5.74, 6) is 1.27. The van der Waals surface area contributed by atoms with Crippen LogP contribution in [0.25, 0.3) is 17.2 Å². The fourth-order valence-corrected chi connectivity index (χ4v) is 2.73. The molecule has 0 spiro atoms. The lowest BCUT2D eigenvalue weighted by atomic mass is 10.1. The largest absolute Gasteiger partial charge is 0.382 e. The third kappa shape index (κ3) is 3.45. The molecule has 5 heteroatoms. The van der Waals surface area contributed by atoms with Crippen LogP contribution in [0.15, 0.2) is 37.2 Å². The molecular weight excluding hydrogens is 298 g/mol. The van der Waals surface area contributed by atoms with Crippen LogP contribution in [0.2, 0.25) is 0 Å². The first kappa shape index (κ1) is 16.2. The zero-order chi connectivity index (χ0) is 16.9. The van der Waals surface area contributed by atoms with E-state index < -0.39 is 0 Å². The molecule has 0 saturated heterocycles. The van der Waals surface area contributed by atoms with Crippen molar-refractivity contribution in [2.24, 2.45) is 0 Å². The minimum absolute atomic E-state index is 0.465. The van der Waals surface area contributed by atoms with E-state index in [4.69, 9.17) is 10.7 Å². The number of rotatable bonds is 7. The maximum Gasteiger partial charge on any atom is 0.166 e. The first-order valence-corrected chi connectivity index (χ1v) is 8.40. The molecule has 1 aromatic carbocycles. The summed E-state index contributed by atoms with van der Waals surface area (Å²) < 4.78 is 2.03. The zero-order valence-corrected chi connectivity index (χ0v) is 14.1. The molecule has 5 nitrogen and oxygen atoms in total. The number of hydrogen-bond donors (Lipinski definition) is 1. The van der Waals surface area contributed by atoms with Gasteiger partial charge >= 0.3 is 0 Å². The third-order valence-corrected chi connectivity index (χ3v) is 4.11. The predicted octanol–water partition coefficient (Wildman–Crippen LogP) is 3.83. The van der Waals surface area contributed by atoms with Crippen molar-refractivity contribution in [2.45, 2.75) is 39.2 Å². The summed E-state index contributed by atoms with van der Waals surface area (Å²) >= 11 is 0. The van der Waals surface area contributed by atoms with Crippen molar-refractivity contribution in [1.29, 1.82) is 0 Å². The second-order valence-electron chi connectivity index (χ2n) is 5.97. The number of imidazole rings is 1. The van der Waals surface area contributed by atoms with Gasteiger partial charge in [0.2, 0.25) is 0 Å². The van der Waals surface area contributed by atoms with Crippen LogP contribution in [0.4, 0.5) is 5.82 Å². The maximum atomic E-state index is 6.07. The second kappa shape index (κ2) is 7.25. The van der Waals surface area contributed by atoms with Crippen LogP contribution in [0.1, 0.15) is 43.1 Å². The molecule has 3 rings (SSSR count). The predicted molar refractivity (Wildman–Crippen MR) is 98.6 cm³/mol. The highest BCUT2D eigenvalue weighted by molar-refractivity contribution is 5.81. The molecule has 0 saturated carbocycles. The fraction of sp³-hybridized carbons (Fsp3) is 0.316. The van der Waals surface area contributed by atoms with Gasteiger partial charge in [0.1, 0.15) is 11.3 Å². The van der Waals surface area contributed by atoms with Crippen molar-refractivity contribution in [1.82, 2.24) is 19.5 Å². The molecule has 24 heavy (non-hydrogen) atoms. The summed E-state index contributed by atoms with van der Waals surface area (Å²) in [4.78, 5) is 13.5. The van der Waals surface area contributed by atoms with Gasteiger partial charge in [-0.1, -0.05) is 56.7 Å². The van der Waals surface area contributed by atoms with E-state index in [2.05, 4.69) is 47.7 Å². The van der Waals surface area contributed by atoms with E-state index in [0.29, 0.717) is 17.9 Å². The van der Waals surface area contributed by atoms with E-state index in [-0.39, 0.29) is 0 Å². The molecule has 0 aliphatic carbocycles. The van der Waals surface area contributed by atoms with Crippen molar-refractivity contribution >= 4 is 23.1 Å². The Morgan fingerprint density at radius 3 is 2.67 bits per heavy atom. The zero-order valence-electron chi connectivity index (χ0n) is 14.1. The van der Waals surface area contributed by atoms with Crippen LogP contribution in [0.5, 0.6) is 0 Å². The van der Waals surface area contributed by atoms with E-state index in [1.807, 2.05) is 10.6 Å². The highest BCUT2D eigenvalue weighted by atomic mass is 15.1. The average Bonchev–Trinajstić information content (AvgIpc) is 2.99. The van der Waals surface area contributed by atoms with Gasteiger partial charge in [0, 0.05) is 6.42 Å². The van der Waals surface area contributed by atoms with E-state index in [1.54, 1.807) is 6.33 Å². The van der Waals surface area contributed by atoms with Gasteiger partial charge in [0.05, 0.1) is 12.9 Å². The fourth-order valence-electron chi connectivity index (χ4n) is 2.73. The molecular formula is C19H23N5. The Bertz CT molecular complexity index is 833. The Labute approximate surface area is 142 Å². The summed E-state index contributed by atoms with van der Waals surface area (Å²) in [6, 6.07) is 8.30. The first-order chi connectivity index (χ1) is 11.7. The Morgan fingerprint density at radius 2 is 1.96 bits per heavy atom. The minimum atomic E-state index is 0.465. The number of fused-ring (bicyclic) bond motifs is 1. The smallest absolute Gasteiger partial charge is 0.166 e. The van der Waals surface area contributed by atoms with Gasteiger partial charge in [-0.25, -0.2) is 15.0 Å². The van der Waals surface area contributed by atoms with Crippen LogP contribution in [0, 0.1) is 0 Å². The van der Waals surface area contributed by atoms with E-state index >= 15 is 0 Å². The number of nitrogens with zero attached hydrogens (tertiary/aromatic N) is 4. The van der Waals surface area contributed by atoms with E-state index in [1.165, 1.54) is 18.4 Å². The quantitative estimate of drug-likeness (QED) is 0.671. The van der Waals surface area contributed by atoms with Crippen molar-refractivity contribution in [2.75, 3.05) is 5.73 Å². The molecule has 0 atom stereocenters. The Hall–Kier alpha value is -2.69. The van der Waals surface area contributed by atoms with E-state index in [9.17, 15) is 0 Å². The minimum Gasteiger partial charge on any atom is -0.382 e. The summed E-state index contributed by atoms with van der Waals surface area (Å²) in [5, 5.41) is 0. The molecule has 3 aromatic rings. The maximum absolute atomic E-state index is 6.07. The van der Waals surface area contributed by atoms with Crippen LogP contribution >= 0.6 is 0 Å². The second-order valence-corrected chi connectivity index (χ2v) is 5.97. The number of benzene rings is 1. The highest BCUT2D eigenvalue weighted by Gasteiger charge is 2.11. The molecule has 0 fully saturated rings. The highest BCUT2D eigenvalue weighted by Crippen LogP contribution is 2.18. The summed E-state index contributed by atoms with van der Waals surface area (Å²) in [5.41, 5.74) is 9.85. The molecule has 2 aromatic heterocycles. The molecule has 0 radical (unpaired) electrons. The topological polar surface area (TPSA) is 69.6 Å². The Morgan fingerprint density at radius 1 is 1.17 bits per heavy atom. The van der Waals surface area contributed by atoms with Gasteiger partial charge in [0.25, 0.3) is 0 Å². The molecule has 2 heterocycles. The van der Waals surface area contributed by atoms with Gasteiger partial charge in [-0.3, -0.25) is 0 Å². The number of nitrogens with two attached hydrogens (primary N) is 1. The summed E-state index contributed by atoms with van der Waals surface area (Å²) in [6.45, 7) is 6.67. The Kier molecular flexibility index (Phi) is 4.89. The Balaban J connectivity index is 1.88. The average molecular weight is 321 g/mol. The van der Waals surface area contributed by atoms with Crippen molar-refractivity contribution in [3.63, 3.8) is 0 Å². The monoisotopic (exact) mass is 321 g/mol. The van der Waals surface area contributed by atoms with Crippen molar-refractivity contribution in [3.8, 4) is 0 Å². The number of unbranched alkanes of at least 4 members (excludes halogenated alkanes) is 2. The molecule has 124 valence electrons. The molecule has 0 unspecified atom stereocenters. The standard InChI is InChI=1S/C19H23N5/c1-3-5-6-7-16-22-18(20)17-19(23-16)24(13-21-17)12-15-10-8-14(4-2)9-11-15/h4,8-11,13H,2-3,5-7,12H2,1H3,(H2,20,22,23). The van der Waals surface area contributed by atoms with Gasteiger partial charge in [0.15, 0.2) is 11.5 Å². The molecule has 0 bridgehead atoms. The van der Waals surface area contributed by atoms with E-state index in [0.717, 1.165) is 29.9 Å². The third-order valence-electron chi connectivity index (χ3n) is 4.11. The van der Waals surface area contributed by atoms with Crippen molar-refractivity contribution < 1.29 is 0 Å². The first-order valence-electron chi connectivity index (χ1n) is 8.40. The lowest BCUT2D eigenvalue weighted by Crippen LogP contribution is -2.05. The van der Waals surface area contributed by atoms with Crippen LogP contribution < -0.4 is 5.73 Å². The lowest BCUT2D eigenvalue weighted by molar-refractivity contribution is 0.694. The summed E-state index contributed by atoms with van der Waals surface area (Å²) in [7, 11) is 0. The van der Waals surface area contributed by atoms with Gasteiger partial charge in [-0.2, -0.15) is 0 Å². The number of hydrogen-bond acceptors (Lipinski definition) is 4. The SMILES string of the molecule is C=Cc1ccc(Cn2cnc3c(N)nc(CCCCC)nc32)cc1. The van der Waals surface area contributed by atoms with Gasteiger partial charge in [-0.05, 0) is 17.5 Å². The summed E-state index contributed by atoms with van der Waals surface area (Å²) in [6.07, 6.45) is 7.91. The molecule has 0 aliphatic heterocycles. The lowest BCUT2D eigenvalue weighted by Gasteiger charge is -2.07. The van der Waals surface area contributed by atoms with Gasteiger partial charge in [-0.15, -0.1) is 0 Å². The number of aryl methyl sites for hydroxylation is 1. The molecule has 0 aliphatic rings. The van der Waals surface area contributed by atoms with Crippen LogP contribution in [-0.4, -0.2) is 19.5 Å². The van der Waals surface area contributed by atoms with Crippen LogP contribution in [0.3, 0.4) is 0 Å².